The molecule has 0 saturated heterocycles. The van der Waals surface area contributed by atoms with Gasteiger partial charge in [-0.05, 0) is 18.4 Å². The first kappa shape index (κ1) is 19.1. The zero-order valence-corrected chi connectivity index (χ0v) is 14.3. The number of hydrogen-bond donors (Lipinski definition) is 2. The number of benzene rings is 1. The monoisotopic (exact) mass is 337 g/mol. The SMILES string of the molecule is CCC(CC)(CN)NC(=O)c1cn(Cc2ccccc2)nn1.Cl. The van der Waals surface area contributed by atoms with Crippen LogP contribution in [0.25, 0.3) is 0 Å². The van der Waals surface area contributed by atoms with Crippen molar-refractivity contribution >= 4 is 18.3 Å². The van der Waals surface area contributed by atoms with E-state index in [1.807, 2.05) is 44.2 Å². The minimum atomic E-state index is -0.375. The highest BCUT2D eigenvalue weighted by Crippen LogP contribution is 2.14. The summed E-state index contributed by atoms with van der Waals surface area (Å²) in [5.74, 6) is -0.228. The third kappa shape index (κ3) is 4.77. The zero-order valence-electron chi connectivity index (χ0n) is 13.5. The van der Waals surface area contributed by atoms with E-state index in [1.54, 1.807) is 10.9 Å². The highest BCUT2D eigenvalue weighted by atomic mass is 35.5. The van der Waals surface area contributed by atoms with Crippen LogP contribution in [0, 0.1) is 0 Å². The van der Waals surface area contributed by atoms with Crippen molar-refractivity contribution < 1.29 is 4.79 Å². The number of halogens is 1. The summed E-state index contributed by atoms with van der Waals surface area (Å²) in [4.78, 5) is 12.3. The predicted molar refractivity (Wildman–Crippen MR) is 92.6 cm³/mol. The third-order valence-corrected chi connectivity index (χ3v) is 4.08. The van der Waals surface area contributed by atoms with Crippen LogP contribution in [0.15, 0.2) is 36.5 Å². The summed E-state index contributed by atoms with van der Waals surface area (Å²) >= 11 is 0. The summed E-state index contributed by atoms with van der Waals surface area (Å²) in [6, 6.07) is 9.92. The zero-order chi connectivity index (χ0) is 16.0. The van der Waals surface area contributed by atoms with Crippen molar-refractivity contribution in [2.75, 3.05) is 6.54 Å². The van der Waals surface area contributed by atoms with Crippen molar-refractivity contribution in [3.05, 3.63) is 47.8 Å². The minimum absolute atomic E-state index is 0. The van der Waals surface area contributed by atoms with Gasteiger partial charge in [0.05, 0.1) is 18.3 Å². The van der Waals surface area contributed by atoms with Gasteiger partial charge in [-0.2, -0.15) is 0 Å². The maximum Gasteiger partial charge on any atom is 0.273 e. The van der Waals surface area contributed by atoms with Crippen LogP contribution in [-0.4, -0.2) is 33.0 Å². The molecule has 0 radical (unpaired) electrons. The van der Waals surface area contributed by atoms with Crippen LogP contribution in [0.3, 0.4) is 0 Å². The Morgan fingerprint density at radius 3 is 2.48 bits per heavy atom. The second kappa shape index (κ2) is 8.64. The van der Waals surface area contributed by atoms with Gasteiger partial charge in [-0.25, -0.2) is 4.68 Å². The number of amides is 1. The van der Waals surface area contributed by atoms with Crippen LogP contribution in [0.5, 0.6) is 0 Å². The fourth-order valence-electron chi connectivity index (χ4n) is 2.32. The van der Waals surface area contributed by atoms with Crippen LogP contribution in [0.4, 0.5) is 0 Å². The van der Waals surface area contributed by atoms with E-state index in [4.69, 9.17) is 5.73 Å². The third-order valence-electron chi connectivity index (χ3n) is 4.08. The number of nitrogens with one attached hydrogen (secondary N) is 1. The number of rotatable bonds is 7. The van der Waals surface area contributed by atoms with E-state index in [0.717, 1.165) is 18.4 Å². The summed E-state index contributed by atoms with van der Waals surface area (Å²) in [6.07, 6.45) is 3.22. The molecule has 0 spiro atoms. The van der Waals surface area contributed by atoms with Gasteiger partial charge in [-0.3, -0.25) is 4.79 Å². The molecule has 0 aliphatic rings. The van der Waals surface area contributed by atoms with E-state index in [0.29, 0.717) is 18.8 Å². The van der Waals surface area contributed by atoms with Crippen LogP contribution in [0.1, 0.15) is 42.7 Å². The van der Waals surface area contributed by atoms with E-state index in [-0.39, 0.29) is 23.9 Å². The summed E-state index contributed by atoms with van der Waals surface area (Å²) in [5, 5.41) is 11.0. The first-order chi connectivity index (χ1) is 10.6. The molecule has 2 rings (SSSR count). The molecule has 126 valence electrons. The molecule has 1 heterocycles. The van der Waals surface area contributed by atoms with Gasteiger partial charge in [0.2, 0.25) is 0 Å². The molecule has 3 N–H and O–H groups in total. The molecule has 2 aromatic rings. The maximum atomic E-state index is 12.3. The van der Waals surface area contributed by atoms with Gasteiger partial charge in [0, 0.05) is 6.54 Å². The Bertz CT molecular complexity index is 602. The lowest BCUT2D eigenvalue weighted by Gasteiger charge is -2.30. The molecule has 0 bridgehead atoms. The van der Waals surface area contributed by atoms with Crippen molar-refractivity contribution in [1.29, 1.82) is 0 Å². The molecule has 1 aromatic heterocycles. The minimum Gasteiger partial charge on any atom is -0.344 e. The fraction of sp³-hybridized carbons (Fsp3) is 0.438. The van der Waals surface area contributed by atoms with Crippen LogP contribution >= 0.6 is 12.4 Å². The number of carbonyl (C=O) groups is 1. The fourth-order valence-corrected chi connectivity index (χ4v) is 2.32. The molecule has 1 amide bonds. The van der Waals surface area contributed by atoms with Gasteiger partial charge in [0.15, 0.2) is 5.69 Å². The molecule has 6 nitrogen and oxygen atoms in total. The largest absolute Gasteiger partial charge is 0.344 e. The Morgan fingerprint density at radius 1 is 1.26 bits per heavy atom. The molecule has 0 unspecified atom stereocenters. The summed E-state index contributed by atoms with van der Waals surface area (Å²) < 4.78 is 1.66. The average molecular weight is 338 g/mol. The van der Waals surface area contributed by atoms with E-state index in [2.05, 4.69) is 15.6 Å². The van der Waals surface area contributed by atoms with E-state index < -0.39 is 0 Å². The van der Waals surface area contributed by atoms with E-state index in [9.17, 15) is 4.79 Å². The summed E-state index contributed by atoms with van der Waals surface area (Å²) in [5.41, 5.74) is 6.86. The van der Waals surface area contributed by atoms with Gasteiger partial charge in [-0.15, -0.1) is 17.5 Å². The standard InChI is InChI=1S/C16H23N5O.ClH/c1-3-16(4-2,12-17)18-15(22)14-11-21(20-19-14)10-13-8-6-5-7-9-13;/h5-9,11H,3-4,10,12,17H2,1-2H3,(H,18,22);1H. The van der Waals surface area contributed by atoms with E-state index >= 15 is 0 Å². The van der Waals surface area contributed by atoms with Crippen molar-refractivity contribution in [3.8, 4) is 0 Å². The van der Waals surface area contributed by atoms with Crippen molar-refractivity contribution in [2.45, 2.75) is 38.8 Å². The molecule has 0 aliphatic heterocycles. The van der Waals surface area contributed by atoms with Crippen molar-refractivity contribution in [2.24, 2.45) is 5.73 Å². The van der Waals surface area contributed by atoms with Gasteiger partial charge in [0.1, 0.15) is 0 Å². The van der Waals surface area contributed by atoms with Crippen LogP contribution < -0.4 is 11.1 Å². The summed E-state index contributed by atoms with van der Waals surface area (Å²) in [6.45, 7) is 5.03. The Balaban J connectivity index is 0.00000264. The topological polar surface area (TPSA) is 85.8 Å². The number of nitrogens with zero attached hydrogens (tertiary/aromatic N) is 3. The van der Waals surface area contributed by atoms with Gasteiger partial charge in [-0.1, -0.05) is 49.4 Å². The second-order valence-electron chi connectivity index (χ2n) is 5.43. The molecule has 0 atom stereocenters. The lowest BCUT2D eigenvalue weighted by Crippen LogP contribution is -2.53. The molecular weight excluding hydrogens is 314 g/mol. The molecule has 0 saturated carbocycles. The first-order valence-electron chi connectivity index (χ1n) is 7.59. The van der Waals surface area contributed by atoms with Gasteiger partial charge < -0.3 is 11.1 Å². The average Bonchev–Trinajstić information content (AvgIpc) is 3.02. The predicted octanol–water partition coefficient (Wildman–Crippen LogP) is 2.00. The number of hydrogen-bond acceptors (Lipinski definition) is 4. The van der Waals surface area contributed by atoms with Crippen LogP contribution in [-0.2, 0) is 6.54 Å². The number of carbonyl (C=O) groups excluding carboxylic acids is 1. The summed E-state index contributed by atoms with van der Waals surface area (Å²) in [7, 11) is 0. The molecule has 7 heteroatoms. The van der Waals surface area contributed by atoms with Gasteiger partial charge in [0.25, 0.3) is 5.91 Å². The second-order valence-corrected chi connectivity index (χ2v) is 5.43. The highest BCUT2D eigenvalue weighted by Gasteiger charge is 2.27. The van der Waals surface area contributed by atoms with Gasteiger partial charge >= 0.3 is 0 Å². The van der Waals surface area contributed by atoms with E-state index in [1.165, 1.54) is 0 Å². The first-order valence-corrected chi connectivity index (χ1v) is 7.59. The molecular formula is C16H24ClN5O. The van der Waals surface area contributed by atoms with Crippen molar-refractivity contribution in [3.63, 3.8) is 0 Å². The van der Waals surface area contributed by atoms with Crippen LogP contribution in [0.2, 0.25) is 0 Å². The molecule has 0 aliphatic carbocycles. The lowest BCUT2D eigenvalue weighted by atomic mass is 9.93. The molecule has 1 aromatic carbocycles. The smallest absolute Gasteiger partial charge is 0.273 e. The lowest BCUT2D eigenvalue weighted by molar-refractivity contribution is 0.0890. The molecule has 23 heavy (non-hydrogen) atoms. The quantitative estimate of drug-likeness (QED) is 0.809. The Labute approximate surface area is 142 Å². The molecule has 0 fully saturated rings. The highest BCUT2D eigenvalue weighted by molar-refractivity contribution is 5.92. The number of aromatic nitrogens is 3. The normalized spacial score (nSPS) is 10.9. The maximum absolute atomic E-state index is 12.3. The van der Waals surface area contributed by atoms with Crippen molar-refractivity contribution in [1.82, 2.24) is 20.3 Å². The number of nitrogens with two attached hydrogens (primary N) is 1. The Kier molecular flexibility index (Phi) is 7.19. The Hall–Kier alpha value is -1.92. The Morgan fingerprint density at radius 2 is 1.91 bits per heavy atom.